The van der Waals surface area contributed by atoms with Crippen LogP contribution in [-0.2, 0) is 19.1 Å². The molecule has 152 valence electrons. The average molecular weight is 373 g/mol. The van der Waals surface area contributed by atoms with Gasteiger partial charge in [-0.05, 0) is 47.0 Å². The van der Waals surface area contributed by atoms with Crippen LogP contribution >= 0.6 is 0 Å². The van der Waals surface area contributed by atoms with Crippen LogP contribution in [0.15, 0.2) is 0 Å². The topological polar surface area (TPSA) is 87.2 Å². The molecule has 1 unspecified atom stereocenters. The van der Waals surface area contributed by atoms with E-state index in [9.17, 15) is 19.5 Å². The number of carbonyl (C=O) groups is 3. The molecule has 0 saturated carbocycles. The molecule has 0 heterocycles. The van der Waals surface area contributed by atoms with Gasteiger partial charge in [-0.2, -0.15) is 0 Å². The fraction of sp³-hybridized carbons (Fsp3) is 0.842. The van der Waals surface area contributed by atoms with Crippen LogP contribution in [-0.4, -0.2) is 70.6 Å². The Morgan fingerprint density at radius 2 is 1.65 bits per heavy atom. The Morgan fingerprint density at radius 3 is 2.04 bits per heavy atom. The minimum Gasteiger partial charge on any atom is -0.480 e. The summed E-state index contributed by atoms with van der Waals surface area (Å²) in [6.45, 7) is 11.8. The van der Waals surface area contributed by atoms with E-state index in [-0.39, 0.29) is 35.8 Å². The van der Waals surface area contributed by atoms with Gasteiger partial charge in [-0.1, -0.05) is 6.92 Å². The van der Waals surface area contributed by atoms with Crippen LogP contribution < -0.4 is 0 Å². The van der Waals surface area contributed by atoms with Gasteiger partial charge >= 0.3 is 5.97 Å². The third-order valence-corrected chi connectivity index (χ3v) is 5.00. The van der Waals surface area contributed by atoms with E-state index >= 15 is 0 Å². The van der Waals surface area contributed by atoms with Gasteiger partial charge in [0.1, 0.15) is 6.04 Å². The van der Waals surface area contributed by atoms with E-state index < -0.39 is 12.0 Å². The number of ether oxygens (including phenoxy) is 1. The second kappa shape index (κ2) is 9.90. The second-order valence-electron chi connectivity index (χ2n) is 8.04. The number of hydrogen-bond acceptors (Lipinski definition) is 4. The highest BCUT2D eigenvalue weighted by Gasteiger charge is 2.32. The number of rotatable bonds is 10. The zero-order valence-electron chi connectivity index (χ0n) is 17.6. The summed E-state index contributed by atoms with van der Waals surface area (Å²) < 4.78 is 5.78. The molecule has 0 aromatic rings. The maximum atomic E-state index is 12.6. The number of carbonyl (C=O) groups excluding carboxylic acids is 2. The number of nitrogens with zero attached hydrogens (tertiary/aromatic N) is 2. The van der Waals surface area contributed by atoms with E-state index in [4.69, 9.17) is 4.74 Å². The molecule has 0 saturated heterocycles. The summed E-state index contributed by atoms with van der Waals surface area (Å²) in [6, 6.07) is -0.998. The quantitative estimate of drug-likeness (QED) is 0.637. The number of amides is 2. The normalized spacial score (nSPS) is 15.1. The minimum absolute atomic E-state index is 0.0702. The molecule has 7 nitrogen and oxygen atoms in total. The smallest absolute Gasteiger partial charge is 0.326 e. The van der Waals surface area contributed by atoms with Crippen molar-refractivity contribution >= 4 is 17.8 Å². The molecule has 0 aromatic heterocycles. The van der Waals surface area contributed by atoms with E-state index in [0.29, 0.717) is 13.0 Å². The lowest BCUT2D eigenvalue weighted by atomic mass is 9.92. The zero-order valence-corrected chi connectivity index (χ0v) is 17.6. The molecule has 0 spiro atoms. The molecular formula is C19H36N2O5. The lowest BCUT2D eigenvalue weighted by Gasteiger charge is -2.39. The largest absolute Gasteiger partial charge is 0.480 e. The molecule has 0 aliphatic heterocycles. The van der Waals surface area contributed by atoms with Crippen molar-refractivity contribution in [2.75, 3.05) is 20.7 Å². The summed E-state index contributed by atoms with van der Waals surface area (Å²) >= 11 is 0. The third kappa shape index (κ3) is 7.72. The van der Waals surface area contributed by atoms with Crippen LogP contribution in [0.25, 0.3) is 0 Å². The van der Waals surface area contributed by atoms with Crippen molar-refractivity contribution in [1.82, 2.24) is 9.80 Å². The van der Waals surface area contributed by atoms with Crippen LogP contribution in [0.4, 0.5) is 0 Å². The van der Waals surface area contributed by atoms with Crippen LogP contribution in [0.3, 0.4) is 0 Å². The first kappa shape index (κ1) is 24.4. The first-order chi connectivity index (χ1) is 11.7. The standard InChI is InChI=1S/C19H36N2O5/c1-9-19(6,12-13-26-18(3,4)5)21(8)16(23)11-10-15(17(24)25)20(7)14(2)22/h15H,9-13H2,1-8H3,(H,24,25)/t15-,19?/m0/s1. The summed E-state index contributed by atoms with van der Waals surface area (Å²) in [6.07, 6.45) is 1.62. The van der Waals surface area contributed by atoms with Gasteiger partial charge in [0.2, 0.25) is 11.8 Å². The SMILES string of the molecule is CCC(C)(CCOC(C)(C)C)N(C)C(=O)CC[C@@H](C(=O)O)N(C)C(C)=O. The molecule has 0 fully saturated rings. The molecule has 0 bridgehead atoms. The Morgan fingerprint density at radius 1 is 1.12 bits per heavy atom. The van der Waals surface area contributed by atoms with E-state index in [1.165, 1.54) is 14.0 Å². The predicted molar refractivity (Wildman–Crippen MR) is 101 cm³/mol. The first-order valence-electron chi connectivity index (χ1n) is 9.12. The fourth-order valence-electron chi connectivity index (χ4n) is 2.59. The zero-order chi connectivity index (χ0) is 20.7. The van der Waals surface area contributed by atoms with Gasteiger partial charge in [-0.15, -0.1) is 0 Å². The molecule has 7 heteroatoms. The lowest BCUT2D eigenvalue weighted by molar-refractivity contribution is -0.149. The molecule has 26 heavy (non-hydrogen) atoms. The lowest BCUT2D eigenvalue weighted by Crippen LogP contribution is -2.49. The van der Waals surface area contributed by atoms with E-state index in [2.05, 4.69) is 0 Å². The highest BCUT2D eigenvalue weighted by atomic mass is 16.5. The molecule has 0 rings (SSSR count). The summed E-state index contributed by atoms with van der Waals surface area (Å²) in [4.78, 5) is 38.3. The van der Waals surface area contributed by atoms with Crippen molar-refractivity contribution in [3.8, 4) is 0 Å². The molecule has 0 aromatic carbocycles. The fourth-order valence-corrected chi connectivity index (χ4v) is 2.59. The van der Waals surface area contributed by atoms with Crippen molar-refractivity contribution in [3.05, 3.63) is 0 Å². The Kier molecular flexibility index (Phi) is 9.28. The molecule has 2 amide bonds. The number of hydrogen-bond donors (Lipinski definition) is 1. The maximum absolute atomic E-state index is 12.6. The Hall–Kier alpha value is -1.63. The van der Waals surface area contributed by atoms with Gasteiger partial charge in [-0.3, -0.25) is 9.59 Å². The maximum Gasteiger partial charge on any atom is 0.326 e. The third-order valence-electron chi connectivity index (χ3n) is 5.00. The van der Waals surface area contributed by atoms with Crippen LogP contribution in [0.2, 0.25) is 0 Å². The van der Waals surface area contributed by atoms with Crippen molar-refractivity contribution in [2.24, 2.45) is 0 Å². The molecule has 0 radical (unpaired) electrons. The highest BCUT2D eigenvalue weighted by molar-refractivity contribution is 5.83. The van der Waals surface area contributed by atoms with Crippen LogP contribution in [0.5, 0.6) is 0 Å². The molecule has 0 aliphatic carbocycles. The second-order valence-corrected chi connectivity index (χ2v) is 8.04. The van der Waals surface area contributed by atoms with Crippen molar-refractivity contribution in [3.63, 3.8) is 0 Å². The predicted octanol–water partition coefficient (Wildman–Crippen LogP) is 2.53. The number of carboxylic acid groups (broad SMARTS) is 1. The number of likely N-dealkylation sites (N-methyl/N-ethyl adjacent to an activating group) is 1. The van der Waals surface area contributed by atoms with Gasteiger partial charge in [0.15, 0.2) is 0 Å². The summed E-state index contributed by atoms with van der Waals surface area (Å²) in [5.41, 5.74) is -0.600. The van der Waals surface area contributed by atoms with Crippen molar-refractivity contribution < 1.29 is 24.2 Å². The summed E-state index contributed by atoms with van der Waals surface area (Å²) in [7, 11) is 3.18. The van der Waals surface area contributed by atoms with E-state index in [1.54, 1.807) is 11.9 Å². The summed E-state index contributed by atoms with van der Waals surface area (Å²) in [5.74, 6) is -1.57. The average Bonchev–Trinajstić information content (AvgIpc) is 2.51. The first-order valence-corrected chi connectivity index (χ1v) is 9.12. The number of carboxylic acids is 1. The highest BCUT2D eigenvalue weighted by Crippen LogP contribution is 2.25. The van der Waals surface area contributed by atoms with E-state index in [0.717, 1.165) is 11.3 Å². The van der Waals surface area contributed by atoms with Crippen molar-refractivity contribution in [1.29, 1.82) is 0 Å². The van der Waals surface area contributed by atoms with E-state index in [1.807, 2.05) is 34.6 Å². The monoisotopic (exact) mass is 372 g/mol. The van der Waals surface area contributed by atoms with Gasteiger partial charge in [-0.25, -0.2) is 4.79 Å². The van der Waals surface area contributed by atoms with Gasteiger partial charge in [0.05, 0.1) is 5.60 Å². The minimum atomic E-state index is -1.10. The summed E-state index contributed by atoms with van der Waals surface area (Å²) in [5, 5.41) is 9.31. The van der Waals surface area contributed by atoms with Gasteiger partial charge in [0, 0.05) is 39.6 Å². The molecule has 2 atom stereocenters. The van der Waals surface area contributed by atoms with Gasteiger partial charge in [0.25, 0.3) is 0 Å². The molecular weight excluding hydrogens is 336 g/mol. The molecule has 1 N–H and O–H groups in total. The Balaban J connectivity index is 4.88. The number of aliphatic carboxylic acids is 1. The Labute approximate surface area is 157 Å². The van der Waals surface area contributed by atoms with Crippen LogP contribution in [0.1, 0.15) is 67.2 Å². The van der Waals surface area contributed by atoms with Crippen LogP contribution in [0, 0.1) is 0 Å². The van der Waals surface area contributed by atoms with Gasteiger partial charge < -0.3 is 19.6 Å². The van der Waals surface area contributed by atoms with Crippen molar-refractivity contribution in [2.45, 2.75) is 84.4 Å². The Bertz CT molecular complexity index is 501. The molecule has 0 aliphatic rings.